The van der Waals surface area contributed by atoms with Gasteiger partial charge in [0.25, 0.3) is 10.9 Å². The Hall–Kier alpha value is -3.54. The van der Waals surface area contributed by atoms with Crippen LogP contribution >= 0.6 is 27.7 Å². The zero-order valence-corrected chi connectivity index (χ0v) is 19.2. The van der Waals surface area contributed by atoms with Gasteiger partial charge in [-0.2, -0.15) is 5.10 Å². The van der Waals surface area contributed by atoms with Gasteiger partial charge in [-0.25, -0.2) is 0 Å². The van der Waals surface area contributed by atoms with Crippen molar-refractivity contribution < 1.29 is 14.4 Å². The summed E-state index contributed by atoms with van der Waals surface area (Å²) in [5.74, 6) is 0.335. The summed E-state index contributed by atoms with van der Waals surface area (Å²) in [5.41, 5.74) is 4.68. The molecule has 3 aromatic carbocycles. The average molecular weight is 526 g/mol. The fraction of sp³-hybridized carbons (Fsp3) is 0.0455. The number of aromatic nitrogens is 2. The molecular formula is C22H16BrN5O4S. The number of non-ortho nitro benzene ring substituents is 1. The van der Waals surface area contributed by atoms with Gasteiger partial charge >= 0.3 is 0 Å². The maximum Gasteiger partial charge on any atom is 0.283 e. The van der Waals surface area contributed by atoms with E-state index in [4.69, 9.17) is 4.42 Å². The van der Waals surface area contributed by atoms with Crippen LogP contribution in [0, 0.1) is 10.1 Å². The summed E-state index contributed by atoms with van der Waals surface area (Å²) in [6.07, 6.45) is -1.07. The normalized spacial score (nSPS) is 12.4. The molecule has 11 heteroatoms. The predicted octanol–water partition coefficient (Wildman–Crippen LogP) is 5.66. The van der Waals surface area contributed by atoms with Crippen LogP contribution in [0.15, 0.2) is 98.1 Å². The van der Waals surface area contributed by atoms with Crippen molar-refractivity contribution in [1.82, 2.24) is 10.2 Å². The maximum absolute atomic E-state index is 10.9. The lowest BCUT2D eigenvalue weighted by atomic mass is 10.1. The van der Waals surface area contributed by atoms with Gasteiger partial charge in [0.1, 0.15) is 11.1 Å². The molecule has 0 bridgehead atoms. The number of benzene rings is 3. The standard InChI is InChI=1S/C22H16BrN5O4S/c23-16-8-6-15(7-9-16)20-25-27-22(32-20)33-21(19(29)14-4-2-1-3-5-14)26-24-17-10-12-18(13-11-17)28(30)31/h1-13,19,24,29H/b26-21+. The van der Waals surface area contributed by atoms with Crippen LogP contribution in [0.25, 0.3) is 11.5 Å². The first-order valence-corrected chi connectivity index (χ1v) is 11.2. The Morgan fingerprint density at radius 2 is 1.76 bits per heavy atom. The van der Waals surface area contributed by atoms with Gasteiger partial charge in [-0.15, -0.1) is 10.2 Å². The third kappa shape index (κ3) is 5.83. The van der Waals surface area contributed by atoms with E-state index in [1.54, 1.807) is 12.1 Å². The number of nitro groups is 1. The van der Waals surface area contributed by atoms with Crippen LogP contribution in [-0.4, -0.2) is 25.3 Å². The highest BCUT2D eigenvalue weighted by Crippen LogP contribution is 2.30. The predicted molar refractivity (Wildman–Crippen MR) is 129 cm³/mol. The molecule has 4 aromatic rings. The van der Waals surface area contributed by atoms with Gasteiger partial charge in [-0.1, -0.05) is 46.3 Å². The van der Waals surface area contributed by atoms with Crippen molar-refractivity contribution in [3.8, 4) is 11.5 Å². The van der Waals surface area contributed by atoms with E-state index in [1.807, 2.05) is 42.5 Å². The highest BCUT2D eigenvalue weighted by molar-refractivity contribution is 9.10. The summed E-state index contributed by atoms with van der Waals surface area (Å²) in [5, 5.41) is 34.7. The van der Waals surface area contributed by atoms with Gasteiger partial charge in [0, 0.05) is 22.2 Å². The number of nitrogens with one attached hydrogen (secondary N) is 1. The SMILES string of the molecule is O=[N+]([O-])c1ccc(N/N=C(/Sc2nnc(-c3ccc(Br)cc3)o2)C(O)c2ccccc2)cc1. The largest absolute Gasteiger partial charge is 0.411 e. The van der Waals surface area contributed by atoms with Crippen molar-refractivity contribution >= 4 is 44.1 Å². The molecule has 1 atom stereocenters. The molecule has 0 aliphatic rings. The molecule has 0 saturated carbocycles. The molecule has 0 spiro atoms. The van der Waals surface area contributed by atoms with Crippen molar-refractivity contribution in [2.75, 3.05) is 5.43 Å². The van der Waals surface area contributed by atoms with Gasteiger partial charge in [-0.3, -0.25) is 15.5 Å². The number of nitro benzene ring substituents is 1. The number of halogens is 1. The second kappa shape index (κ2) is 10.4. The molecule has 0 saturated heterocycles. The molecule has 0 fully saturated rings. The smallest absolute Gasteiger partial charge is 0.283 e. The minimum atomic E-state index is -1.07. The summed E-state index contributed by atoms with van der Waals surface area (Å²) in [6.45, 7) is 0. The quantitative estimate of drug-likeness (QED) is 0.104. The molecule has 33 heavy (non-hydrogen) atoms. The van der Waals surface area contributed by atoms with Crippen LogP contribution in [0.3, 0.4) is 0 Å². The van der Waals surface area contributed by atoms with Crippen molar-refractivity contribution in [3.05, 3.63) is 99.0 Å². The van der Waals surface area contributed by atoms with Gasteiger partial charge in [0.05, 0.1) is 10.6 Å². The first kappa shape index (κ1) is 22.6. The summed E-state index contributed by atoms with van der Waals surface area (Å²) >= 11 is 4.40. The molecule has 2 N–H and O–H groups in total. The number of anilines is 1. The third-order valence-corrected chi connectivity index (χ3v) is 5.80. The van der Waals surface area contributed by atoms with Crippen LogP contribution in [0.1, 0.15) is 11.7 Å². The topological polar surface area (TPSA) is 127 Å². The highest BCUT2D eigenvalue weighted by atomic mass is 79.9. The second-order valence-corrected chi connectivity index (χ2v) is 8.55. The van der Waals surface area contributed by atoms with E-state index in [2.05, 4.69) is 36.7 Å². The molecule has 1 aromatic heterocycles. The molecule has 0 radical (unpaired) electrons. The monoisotopic (exact) mass is 525 g/mol. The van der Waals surface area contributed by atoms with E-state index in [0.717, 1.165) is 21.8 Å². The number of aliphatic hydroxyl groups excluding tert-OH is 1. The number of aliphatic hydroxyl groups is 1. The Balaban J connectivity index is 1.58. The number of rotatable bonds is 7. The van der Waals surface area contributed by atoms with Gasteiger partial charge in [0.15, 0.2) is 0 Å². The van der Waals surface area contributed by atoms with E-state index in [9.17, 15) is 15.2 Å². The summed E-state index contributed by atoms with van der Waals surface area (Å²) in [6, 6.07) is 22.2. The van der Waals surface area contributed by atoms with Crippen LogP contribution < -0.4 is 5.43 Å². The zero-order valence-electron chi connectivity index (χ0n) is 16.8. The molecule has 0 amide bonds. The second-order valence-electron chi connectivity index (χ2n) is 6.66. The molecule has 9 nitrogen and oxygen atoms in total. The van der Waals surface area contributed by atoms with Crippen LogP contribution in [-0.2, 0) is 0 Å². The number of hydrogen-bond acceptors (Lipinski definition) is 9. The first-order chi connectivity index (χ1) is 16.0. The average Bonchev–Trinajstić information content (AvgIpc) is 3.31. The third-order valence-electron chi connectivity index (χ3n) is 4.41. The highest BCUT2D eigenvalue weighted by Gasteiger charge is 2.21. The Morgan fingerprint density at radius 3 is 2.42 bits per heavy atom. The lowest BCUT2D eigenvalue weighted by Crippen LogP contribution is -2.11. The maximum atomic E-state index is 10.9. The van der Waals surface area contributed by atoms with E-state index >= 15 is 0 Å². The fourth-order valence-electron chi connectivity index (χ4n) is 2.74. The minimum Gasteiger partial charge on any atom is -0.411 e. The van der Waals surface area contributed by atoms with Gasteiger partial charge < -0.3 is 9.52 Å². The molecule has 1 unspecified atom stereocenters. The van der Waals surface area contributed by atoms with E-state index in [0.29, 0.717) is 17.1 Å². The Morgan fingerprint density at radius 1 is 1.06 bits per heavy atom. The van der Waals surface area contributed by atoms with Crippen molar-refractivity contribution in [2.24, 2.45) is 5.10 Å². The van der Waals surface area contributed by atoms with E-state index < -0.39 is 11.0 Å². The molecule has 0 aliphatic heterocycles. The minimum absolute atomic E-state index is 0.0326. The first-order valence-electron chi connectivity index (χ1n) is 9.58. The van der Waals surface area contributed by atoms with Crippen molar-refractivity contribution in [2.45, 2.75) is 11.3 Å². The summed E-state index contributed by atoms with van der Waals surface area (Å²) in [7, 11) is 0. The lowest BCUT2D eigenvalue weighted by molar-refractivity contribution is -0.384. The lowest BCUT2D eigenvalue weighted by Gasteiger charge is -2.12. The number of nitrogens with zero attached hydrogens (tertiary/aromatic N) is 4. The molecule has 4 rings (SSSR count). The molecule has 166 valence electrons. The number of hydrogen-bond donors (Lipinski definition) is 2. The van der Waals surface area contributed by atoms with Gasteiger partial charge in [0.2, 0.25) is 5.89 Å². The molecule has 1 heterocycles. The Kier molecular flexibility index (Phi) is 7.13. The summed E-state index contributed by atoms with van der Waals surface area (Å²) < 4.78 is 6.68. The Labute approximate surface area is 200 Å². The zero-order chi connectivity index (χ0) is 23.2. The van der Waals surface area contributed by atoms with Gasteiger partial charge in [-0.05, 0) is 53.7 Å². The molecular weight excluding hydrogens is 510 g/mol. The fourth-order valence-corrected chi connectivity index (χ4v) is 3.73. The van der Waals surface area contributed by atoms with Crippen LogP contribution in [0.5, 0.6) is 0 Å². The van der Waals surface area contributed by atoms with Crippen LogP contribution in [0.2, 0.25) is 0 Å². The van der Waals surface area contributed by atoms with Crippen molar-refractivity contribution in [1.29, 1.82) is 0 Å². The Bertz CT molecular complexity index is 1260. The van der Waals surface area contributed by atoms with Crippen LogP contribution in [0.4, 0.5) is 11.4 Å². The van der Waals surface area contributed by atoms with Crippen molar-refractivity contribution in [3.63, 3.8) is 0 Å². The van der Waals surface area contributed by atoms with E-state index in [1.165, 1.54) is 24.3 Å². The number of thioether (sulfide) groups is 1. The van der Waals surface area contributed by atoms with E-state index in [-0.39, 0.29) is 16.0 Å². The molecule has 0 aliphatic carbocycles. The number of hydrazone groups is 1. The summed E-state index contributed by atoms with van der Waals surface area (Å²) in [4.78, 5) is 10.4.